The van der Waals surface area contributed by atoms with Crippen LogP contribution in [0.1, 0.15) is 31.3 Å². The van der Waals surface area contributed by atoms with Crippen molar-refractivity contribution in [2.24, 2.45) is 0 Å². The minimum absolute atomic E-state index is 0.0488. The maximum atomic E-state index is 5.84. The molecule has 2 heterocycles. The Morgan fingerprint density at radius 2 is 1.94 bits per heavy atom. The summed E-state index contributed by atoms with van der Waals surface area (Å²) < 4.78 is 11.3. The van der Waals surface area contributed by atoms with Crippen molar-refractivity contribution in [2.75, 3.05) is 6.61 Å². The Kier molecular flexibility index (Phi) is 3.30. The fourth-order valence-electron chi connectivity index (χ4n) is 2.01. The van der Waals surface area contributed by atoms with Crippen LogP contribution in [0.5, 0.6) is 0 Å². The second kappa shape index (κ2) is 5.08. The summed E-state index contributed by atoms with van der Waals surface area (Å²) in [7, 11) is 0. The number of halogens is 1. The molecule has 0 N–H and O–H groups in total. The topological polar surface area (TPSA) is 48.2 Å². The largest absolute Gasteiger partial charge is 0.418 e. The van der Waals surface area contributed by atoms with Crippen LogP contribution >= 0.6 is 11.6 Å². The molecule has 5 heteroatoms. The van der Waals surface area contributed by atoms with Gasteiger partial charge in [-0.2, -0.15) is 0 Å². The predicted octanol–water partition coefficient (Wildman–Crippen LogP) is 3.63. The first-order valence-corrected chi connectivity index (χ1v) is 6.42. The molecule has 0 bridgehead atoms. The Labute approximate surface area is 110 Å². The molecule has 0 aliphatic carbocycles. The SMILES string of the molecule is Clc1ccc(-c2nnc([C@H]3CCCCO3)o2)cc1. The Morgan fingerprint density at radius 3 is 2.67 bits per heavy atom. The number of ether oxygens (including phenoxy) is 1. The van der Waals surface area contributed by atoms with Gasteiger partial charge in [-0.25, -0.2) is 0 Å². The van der Waals surface area contributed by atoms with Gasteiger partial charge in [-0.15, -0.1) is 10.2 Å². The van der Waals surface area contributed by atoms with Crippen LogP contribution in [0.4, 0.5) is 0 Å². The van der Waals surface area contributed by atoms with Gasteiger partial charge >= 0.3 is 0 Å². The number of nitrogens with zero attached hydrogens (tertiary/aromatic N) is 2. The summed E-state index contributed by atoms with van der Waals surface area (Å²) in [6, 6.07) is 7.33. The highest BCUT2D eigenvalue weighted by Crippen LogP contribution is 2.29. The molecule has 18 heavy (non-hydrogen) atoms. The van der Waals surface area contributed by atoms with Gasteiger partial charge in [0.1, 0.15) is 6.10 Å². The van der Waals surface area contributed by atoms with E-state index in [1.165, 1.54) is 0 Å². The van der Waals surface area contributed by atoms with Crippen molar-refractivity contribution in [1.29, 1.82) is 0 Å². The maximum Gasteiger partial charge on any atom is 0.247 e. The van der Waals surface area contributed by atoms with Gasteiger partial charge in [0.15, 0.2) is 0 Å². The van der Waals surface area contributed by atoms with Crippen LogP contribution in [0.25, 0.3) is 11.5 Å². The van der Waals surface area contributed by atoms with Crippen LogP contribution in [0.15, 0.2) is 28.7 Å². The predicted molar refractivity (Wildman–Crippen MR) is 67.3 cm³/mol. The van der Waals surface area contributed by atoms with Gasteiger partial charge in [0.25, 0.3) is 0 Å². The van der Waals surface area contributed by atoms with Crippen LogP contribution < -0.4 is 0 Å². The van der Waals surface area contributed by atoms with Gasteiger partial charge in [-0.3, -0.25) is 0 Å². The minimum atomic E-state index is -0.0488. The monoisotopic (exact) mass is 264 g/mol. The summed E-state index contributed by atoms with van der Waals surface area (Å²) in [6.07, 6.45) is 3.15. The van der Waals surface area contributed by atoms with Crippen molar-refractivity contribution >= 4 is 11.6 Å². The third-order valence-electron chi connectivity index (χ3n) is 2.99. The van der Waals surface area contributed by atoms with Gasteiger partial charge < -0.3 is 9.15 Å². The van der Waals surface area contributed by atoms with E-state index >= 15 is 0 Å². The fraction of sp³-hybridized carbons (Fsp3) is 0.385. The zero-order valence-electron chi connectivity index (χ0n) is 9.80. The Balaban J connectivity index is 1.82. The zero-order chi connectivity index (χ0) is 12.4. The van der Waals surface area contributed by atoms with Gasteiger partial charge in [0, 0.05) is 17.2 Å². The first-order valence-electron chi connectivity index (χ1n) is 6.04. The molecule has 1 aromatic heterocycles. The highest BCUT2D eigenvalue weighted by Gasteiger charge is 2.22. The van der Waals surface area contributed by atoms with E-state index in [2.05, 4.69) is 10.2 Å². The van der Waals surface area contributed by atoms with Gasteiger partial charge in [-0.05, 0) is 43.5 Å². The molecular formula is C13H13ClN2O2. The molecular weight excluding hydrogens is 252 g/mol. The molecule has 1 aliphatic heterocycles. The number of rotatable bonds is 2. The lowest BCUT2D eigenvalue weighted by atomic mass is 10.1. The van der Waals surface area contributed by atoms with Gasteiger partial charge in [0.05, 0.1) is 0 Å². The lowest BCUT2D eigenvalue weighted by Gasteiger charge is -2.18. The average molecular weight is 265 g/mol. The van der Waals surface area contributed by atoms with Crippen LogP contribution in [-0.4, -0.2) is 16.8 Å². The Hall–Kier alpha value is -1.39. The quantitative estimate of drug-likeness (QED) is 0.831. The van der Waals surface area contributed by atoms with Crippen LogP contribution in [0.2, 0.25) is 5.02 Å². The molecule has 1 fully saturated rings. The smallest absolute Gasteiger partial charge is 0.247 e. The molecule has 0 saturated carbocycles. The van der Waals surface area contributed by atoms with E-state index in [0.717, 1.165) is 31.4 Å². The summed E-state index contributed by atoms with van der Waals surface area (Å²) in [4.78, 5) is 0. The Bertz CT molecular complexity index is 518. The highest BCUT2D eigenvalue weighted by molar-refractivity contribution is 6.30. The molecule has 0 radical (unpaired) electrons. The lowest BCUT2D eigenvalue weighted by molar-refractivity contribution is -0.00126. The van der Waals surface area contributed by atoms with E-state index in [9.17, 15) is 0 Å². The summed E-state index contributed by atoms with van der Waals surface area (Å²) >= 11 is 5.84. The summed E-state index contributed by atoms with van der Waals surface area (Å²) in [5, 5.41) is 8.80. The summed E-state index contributed by atoms with van der Waals surface area (Å²) in [5.74, 6) is 1.08. The third-order valence-corrected chi connectivity index (χ3v) is 3.24. The standard InChI is InChI=1S/C13H13ClN2O2/c14-10-6-4-9(5-7-10)12-15-16-13(18-12)11-3-1-2-8-17-11/h4-7,11H,1-3,8H2/t11-/m1/s1. The van der Waals surface area contributed by atoms with Crippen molar-refractivity contribution in [2.45, 2.75) is 25.4 Å². The second-order valence-corrected chi connectivity index (χ2v) is 4.74. The Morgan fingerprint density at radius 1 is 1.11 bits per heavy atom. The van der Waals surface area contributed by atoms with Crippen molar-refractivity contribution in [3.8, 4) is 11.5 Å². The molecule has 3 rings (SSSR count). The molecule has 0 spiro atoms. The molecule has 2 aromatic rings. The molecule has 1 atom stereocenters. The van der Waals surface area contributed by atoms with Gasteiger partial charge in [0.2, 0.25) is 11.8 Å². The molecule has 1 aliphatic rings. The van der Waals surface area contributed by atoms with Crippen LogP contribution in [-0.2, 0) is 4.74 Å². The second-order valence-electron chi connectivity index (χ2n) is 4.31. The highest BCUT2D eigenvalue weighted by atomic mass is 35.5. The van der Waals surface area contributed by atoms with E-state index in [1.54, 1.807) is 12.1 Å². The fourth-order valence-corrected chi connectivity index (χ4v) is 2.14. The number of hydrogen-bond donors (Lipinski definition) is 0. The summed E-state index contributed by atoms with van der Waals surface area (Å²) in [6.45, 7) is 0.767. The van der Waals surface area contributed by atoms with Crippen LogP contribution in [0.3, 0.4) is 0 Å². The van der Waals surface area contributed by atoms with E-state index in [-0.39, 0.29) is 6.10 Å². The third kappa shape index (κ3) is 2.40. The maximum absolute atomic E-state index is 5.84. The van der Waals surface area contributed by atoms with Crippen molar-refractivity contribution < 1.29 is 9.15 Å². The number of hydrogen-bond acceptors (Lipinski definition) is 4. The van der Waals surface area contributed by atoms with Crippen molar-refractivity contribution in [1.82, 2.24) is 10.2 Å². The van der Waals surface area contributed by atoms with E-state index < -0.39 is 0 Å². The molecule has 1 aromatic carbocycles. The molecule has 0 unspecified atom stereocenters. The van der Waals surface area contributed by atoms with E-state index in [0.29, 0.717) is 16.8 Å². The normalized spacial score (nSPS) is 19.9. The zero-order valence-corrected chi connectivity index (χ0v) is 10.6. The molecule has 1 saturated heterocycles. The van der Waals surface area contributed by atoms with Crippen molar-refractivity contribution in [3.05, 3.63) is 35.2 Å². The number of benzene rings is 1. The summed E-state index contributed by atoms with van der Waals surface area (Å²) in [5.41, 5.74) is 0.869. The van der Waals surface area contributed by atoms with E-state index in [4.69, 9.17) is 20.8 Å². The molecule has 0 amide bonds. The number of aromatic nitrogens is 2. The van der Waals surface area contributed by atoms with E-state index in [1.807, 2.05) is 12.1 Å². The lowest BCUT2D eigenvalue weighted by Crippen LogP contribution is -2.11. The van der Waals surface area contributed by atoms with Gasteiger partial charge in [-0.1, -0.05) is 11.6 Å². The average Bonchev–Trinajstić information content (AvgIpc) is 2.90. The minimum Gasteiger partial charge on any atom is -0.418 e. The first-order chi connectivity index (χ1) is 8.83. The first kappa shape index (κ1) is 11.7. The van der Waals surface area contributed by atoms with Crippen LogP contribution in [0, 0.1) is 0 Å². The van der Waals surface area contributed by atoms with Crippen molar-refractivity contribution in [3.63, 3.8) is 0 Å². The molecule has 4 nitrogen and oxygen atoms in total. The molecule has 94 valence electrons.